The highest BCUT2D eigenvalue weighted by Crippen LogP contribution is 2.49. The number of fused-ring (bicyclic) bond motifs is 4. The lowest BCUT2D eigenvalue weighted by Crippen LogP contribution is -2.58. The fourth-order valence-corrected chi connectivity index (χ4v) is 16.9. The molecule has 704 valence electrons. The lowest BCUT2D eigenvalue weighted by atomic mass is 10.0. The Kier molecular flexibility index (Phi) is 33.5. The van der Waals surface area contributed by atoms with E-state index in [1.807, 2.05) is 67.7 Å². The summed E-state index contributed by atoms with van der Waals surface area (Å²) in [5.41, 5.74) is 2.26. The van der Waals surface area contributed by atoms with Crippen LogP contribution in [0.3, 0.4) is 0 Å². The van der Waals surface area contributed by atoms with Gasteiger partial charge in [-0.05, 0) is 134 Å². The van der Waals surface area contributed by atoms with Crippen LogP contribution in [-0.2, 0) is 69.7 Å². The van der Waals surface area contributed by atoms with E-state index in [2.05, 4.69) is 45.1 Å². The molecule has 0 bridgehead atoms. The van der Waals surface area contributed by atoms with Gasteiger partial charge in [-0.1, -0.05) is 155 Å². The number of hydrogen-bond acceptors (Lipinski definition) is 24. The van der Waals surface area contributed by atoms with Crippen molar-refractivity contribution < 1.29 is 114 Å². The Morgan fingerprint density at radius 3 is 1.14 bits per heavy atom. The molecule has 6 N–H and O–H groups in total. The van der Waals surface area contributed by atoms with Gasteiger partial charge < -0.3 is 97.9 Å². The minimum atomic E-state index is -3.01. The van der Waals surface area contributed by atoms with Gasteiger partial charge in [-0.25, -0.2) is 38.6 Å². The summed E-state index contributed by atoms with van der Waals surface area (Å²) in [6, 6.07) is 29.6. The molecule has 4 aliphatic rings. The van der Waals surface area contributed by atoms with Gasteiger partial charge in [0.15, 0.2) is 52.1 Å². The topological polar surface area (TPSA) is 401 Å². The minimum absolute atomic E-state index is 0.00937. The van der Waals surface area contributed by atoms with Gasteiger partial charge in [0.05, 0.1) is 86.2 Å². The number of nitrogens with zero attached hydrogens (tertiary/aromatic N) is 4. The van der Waals surface area contributed by atoms with Crippen molar-refractivity contribution >= 4 is 111 Å². The van der Waals surface area contributed by atoms with Crippen molar-refractivity contribution in [1.82, 2.24) is 31.1 Å². The van der Waals surface area contributed by atoms with Gasteiger partial charge in [0.2, 0.25) is 23.6 Å². The molecule has 2 saturated heterocycles. The van der Waals surface area contributed by atoms with E-state index in [-0.39, 0.29) is 129 Å². The normalized spacial score (nSPS) is 18.0. The van der Waals surface area contributed by atoms with Crippen LogP contribution in [0.4, 0.5) is 41.9 Å². The molecule has 0 unspecified atom stereocenters. The first-order valence-electron chi connectivity index (χ1n) is 43.6. The number of anilines is 4. The number of nitrogens with one attached hydrogen (secondary N) is 6. The van der Waals surface area contributed by atoms with Gasteiger partial charge >= 0.3 is 36.3 Å². The number of hydrogen-bond donors (Lipinski definition) is 6. The van der Waals surface area contributed by atoms with Crippen molar-refractivity contribution in [1.29, 1.82) is 0 Å². The zero-order valence-electron chi connectivity index (χ0n) is 77.6. The van der Waals surface area contributed by atoms with Crippen molar-refractivity contribution in [2.24, 2.45) is 11.8 Å². The monoisotopic (exact) mass is 1840 g/mol. The number of methoxy groups -OCH3 is 2. The van der Waals surface area contributed by atoms with E-state index in [0.717, 1.165) is 0 Å². The van der Waals surface area contributed by atoms with Crippen LogP contribution in [0.15, 0.2) is 159 Å². The molecular weight excluding hydrogens is 1720 g/mol. The van der Waals surface area contributed by atoms with Crippen molar-refractivity contribution in [2.75, 3.05) is 74.2 Å². The smallest absolute Gasteiger partial charge is 0.416 e. The molecule has 0 saturated carbocycles. The predicted molar refractivity (Wildman–Crippen MR) is 493 cm³/mol. The summed E-state index contributed by atoms with van der Waals surface area (Å²) in [6.07, 6.45) is -4.86. The van der Waals surface area contributed by atoms with Crippen molar-refractivity contribution in [3.8, 4) is 23.0 Å². The van der Waals surface area contributed by atoms with Crippen LogP contribution in [-0.4, -0.2) is 213 Å². The summed E-state index contributed by atoms with van der Waals surface area (Å²) in [5.74, 6) is -5.10. The van der Waals surface area contributed by atoms with Crippen LogP contribution in [0.1, 0.15) is 155 Å². The average molecular weight is 1840 g/mol. The molecular formula is C95H122N10O24Si2. The summed E-state index contributed by atoms with van der Waals surface area (Å²) in [4.78, 5) is 174. The summed E-state index contributed by atoms with van der Waals surface area (Å²) in [5, 5.41) is 14.9. The fraction of sp³-hybridized carbons (Fsp3) is 0.453. The van der Waals surface area contributed by atoms with Crippen LogP contribution in [0.25, 0.3) is 0 Å². The van der Waals surface area contributed by atoms with Gasteiger partial charge in [0.1, 0.15) is 62.8 Å². The van der Waals surface area contributed by atoms with E-state index in [0.29, 0.717) is 33.6 Å². The Morgan fingerprint density at radius 2 is 0.817 bits per heavy atom. The molecule has 34 nitrogen and oxygen atoms in total. The van der Waals surface area contributed by atoms with Gasteiger partial charge in [-0.3, -0.25) is 28.8 Å². The molecule has 6 aromatic rings. The maximum absolute atomic E-state index is 15.7. The quantitative estimate of drug-likeness (QED) is 0.00699. The van der Waals surface area contributed by atoms with Crippen molar-refractivity contribution in [3.05, 3.63) is 192 Å². The van der Waals surface area contributed by atoms with E-state index in [9.17, 15) is 38.4 Å². The first-order chi connectivity index (χ1) is 62.0. The standard InChI is InChI=1S/C95H122N10O24Si2/c1-21-42-122-90(114)100-78(56(3)4)82(108)96-58(7)80(106)98-64-38-34-60(35-39-64)54-124-92(116)104-70-50-76(74(118-15)48-68(70)84(110)102-52-66(126-88(112)62-30-25-23-26-31-62)46-72(102)86(104)128-130(17,18)94(9,10)11)120-44-29-45-121-77-51-71-69(49-75(77)119-16)85(111)103-53-67(127-89(113)63-32-27-24-28-33-63)47-73(103)87(129-131(19,20)95(12,13)14)105(71)93(117)125-55-61-36-40-65(41-37-61)99-81(107)59(8)97-83(109)79(57(5)6)101-91(115)123-43-22-2/h21-28,30-41,48-51,56-59,66-67,72-73,78-79,86-87H,1-2,29,42-47,52-55H2,3-20H3,(H,96,108)(H,97,109)(H,98,106)(H,99,107)(H,100,114)(H,101,115)/t58-,59+,66-,67-,72-,73-,78-,79+,86-,87-/m0/s1. The molecule has 36 heteroatoms. The van der Waals surface area contributed by atoms with Crippen LogP contribution in [0, 0.1) is 11.8 Å². The largest absolute Gasteiger partial charge is 0.493 e. The molecule has 6 aromatic carbocycles. The first-order valence-corrected chi connectivity index (χ1v) is 49.4. The molecule has 10 atom stereocenters. The van der Waals surface area contributed by atoms with E-state index < -0.39 is 159 Å². The second-order valence-corrected chi connectivity index (χ2v) is 45.6. The molecule has 0 radical (unpaired) electrons. The Balaban J connectivity index is 0.933. The van der Waals surface area contributed by atoms with E-state index in [4.69, 9.17) is 56.2 Å². The van der Waals surface area contributed by atoms with Gasteiger partial charge in [0.25, 0.3) is 11.8 Å². The lowest BCUT2D eigenvalue weighted by molar-refractivity contribution is -0.128. The Bertz CT molecular complexity index is 4830. The first kappa shape index (κ1) is 100. The number of alkyl carbamates (subject to hydrolysis) is 2. The maximum Gasteiger partial charge on any atom is 0.416 e. The number of carbonyl (C=O) groups excluding carboxylic acids is 12. The summed E-state index contributed by atoms with van der Waals surface area (Å²) in [7, 11) is -3.23. The molecule has 0 aliphatic carbocycles. The summed E-state index contributed by atoms with van der Waals surface area (Å²) < 4.78 is 74.8. The van der Waals surface area contributed by atoms with Crippen molar-refractivity contribution in [3.63, 3.8) is 0 Å². The van der Waals surface area contributed by atoms with Gasteiger partial charge in [-0.2, -0.15) is 0 Å². The average Bonchev–Trinajstić information content (AvgIpc) is 1.60. The molecule has 2 fully saturated rings. The lowest BCUT2D eigenvalue weighted by Gasteiger charge is -2.44. The molecule has 131 heavy (non-hydrogen) atoms. The highest BCUT2D eigenvalue weighted by molar-refractivity contribution is 6.74. The Morgan fingerprint density at radius 1 is 0.466 bits per heavy atom. The van der Waals surface area contributed by atoms with Gasteiger partial charge in [0, 0.05) is 42.8 Å². The van der Waals surface area contributed by atoms with Crippen LogP contribution in [0.5, 0.6) is 23.0 Å². The Labute approximate surface area is 765 Å². The second kappa shape index (κ2) is 43.7. The molecule has 10 rings (SSSR count). The van der Waals surface area contributed by atoms with E-state index in [1.165, 1.54) is 74.3 Å². The number of benzene rings is 6. The third-order valence-corrected chi connectivity index (χ3v) is 32.7. The van der Waals surface area contributed by atoms with E-state index in [1.54, 1.807) is 147 Å². The van der Waals surface area contributed by atoms with Crippen LogP contribution < -0.4 is 60.6 Å². The SMILES string of the molecule is C=CCOC(=O)N[C@H](C(=O)N[C@@H](C)C(=O)Nc1ccc(COC(=O)N2c3cc(OCCCOc4cc5c(cc4OC)C(=O)N4C[C@@H](OC(=O)c6ccccc6)C[C@H]4[C@H](O[Si](C)(C)C(C)(C)C)N5C(=O)OCc4ccc(NC(=O)[C@@H](C)NC(=O)[C@H](NC(=O)OCC=C)C(C)C)cc4)c(OC)cc3C(=O)N3C[C@@H](OC(=O)c4ccccc4)C[C@H]3[C@@H]2O[Si](C)(C)C(C)(C)C)cc1)C(C)C. The van der Waals surface area contributed by atoms with Gasteiger partial charge in [-0.15, -0.1) is 0 Å². The fourth-order valence-electron chi connectivity index (χ4n) is 14.5. The second-order valence-electron chi connectivity index (χ2n) is 36.1. The number of amides is 10. The summed E-state index contributed by atoms with van der Waals surface area (Å²) >= 11 is 0. The van der Waals surface area contributed by atoms with E-state index >= 15 is 19.2 Å². The Hall–Kier alpha value is -12.8. The number of ether oxygens (including phenoxy) is 10. The number of rotatable bonds is 36. The maximum atomic E-state index is 15.7. The highest BCUT2D eigenvalue weighted by Gasteiger charge is 2.56. The zero-order valence-corrected chi connectivity index (χ0v) is 79.6. The third kappa shape index (κ3) is 25.0. The number of carbonyl (C=O) groups is 12. The third-order valence-electron chi connectivity index (χ3n) is 23.8. The predicted octanol–water partition coefficient (Wildman–Crippen LogP) is 14.2. The van der Waals surface area contributed by atoms with Crippen LogP contribution in [0.2, 0.25) is 36.3 Å². The minimum Gasteiger partial charge on any atom is -0.493 e. The highest BCUT2D eigenvalue weighted by atomic mass is 28.4. The molecule has 4 aliphatic heterocycles. The van der Waals surface area contributed by atoms with Crippen molar-refractivity contribution in [2.45, 2.75) is 213 Å². The molecule has 4 heterocycles. The van der Waals surface area contributed by atoms with Crippen LogP contribution >= 0.6 is 0 Å². The molecule has 0 aromatic heterocycles. The molecule has 0 spiro atoms. The molecule has 10 amide bonds. The zero-order chi connectivity index (χ0) is 95.7. The number of esters is 2. The summed E-state index contributed by atoms with van der Waals surface area (Å²) in [6.45, 7) is 35.9.